The first-order chi connectivity index (χ1) is 13.6. The average Bonchev–Trinajstić information content (AvgIpc) is 3.34. The van der Waals surface area contributed by atoms with Crippen molar-refractivity contribution >= 4 is 11.8 Å². The minimum absolute atomic E-state index is 0.0586. The van der Waals surface area contributed by atoms with E-state index in [1.165, 1.54) is 0 Å². The molecule has 2 aromatic heterocycles. The average molecular weight is 383 g/mol. The number of nitrogens with two attached hydrogens (primary N) is 1. The number of methoxy groups -OCH3 is 1. The molecule has 0 radical (unpaired) electrons. The number of fused-ring (bicyclic) bond motifs is 1. The quantitative estimate of drug-likeness (QED) is 0.838. The highest BCUT2D eigenvalue weighted by Gasteiger charge is 2.30. The van der Waals surface area contributed by atoms with E-state index in [4.69, 9.17) is 10.5 Å². The third kappa shape index (κ3) is 3.46. The van der Waals surface area contributed by atoms with Crippen LogP contribution in [0, 0.1) is 0 Å². The number of piperidine rings is 1. The van der Waals surface area contributed by atoms with Crippen LogP contribution in [-0.2, 0) is 24.2 Å². The zero-order valence-corrected chi connectivity index (χ0v) is 16.1. The number of ether oxygens (including phenoxy) is 1. The van der Waals surface area contributed by atoms with E-state index in [1.54, 1.807) is 24.1 Å². The van der Waals surface area contributed by atoms with E-state index >= 15 is 0 Å². The van der Waals surface area contributed by atoms with Crippen molar-refractivity contribution in [1.29, 1.82) is 0 Å². The predicted molar refractivity (Wildman–Crippen MR) is 102 cm³/mol. The highest BCUT2D eigenvalue weighted by atomic mass is 16.5. The topological polar surface area (TPSA) is 103 Å². The number of aromatic nitrogens is 3. The van der Waals surface area contributed by atoms with Crippen molar-refractivity contribution in [3.05, 3.63) is 41.1 Å². The molecule has 1 atom stereocenters. The molecule has 2 aliphatic rings. The number of rotatable bonds is 5. The predicted octanol–water partition coefficient (Wildman–Crippen LogP) is 1.28. The molecule has 0 bridgehead atoms. The molecule has 1 unspecified atom stereocenters. The molecule has 1 aliphatic carbocycles. The summed E-state index contributed by atoms with van der Waals surface area (Å²) in [6, 6.07) is 1.95. The second kappa shape index (κ2) is 7.61. The third-order valence-electron chi connectivity index (χ3n) is 5.59. The Morgan fingerprint density at radius 3 is 2.96 bits per heavy atom. The number of carbonyl (C=O) groups is 2. The van der Waals surface area contributed by atoms with Gasteiger partial charge in [0.05, 0.1) is 7.11 Å². The van der Waals surface area contributed by atoms with Crippen LogP contribution in [0.3, 0.4) is 0 Å². The first kappa shape index (κ1) is 18.5. The van der Waals surface area contributed by atoms with E-state index < -0.39 is 5.91 Å². The number of primary amides is 1. The molecule has 1 aliphatic heterocycles. The van der Waals surface area contributed by atoms with Crippen molar-refractivity contribution in [2.45, 2.75) is 44.6 Å². The molecule has 4 rings (SSSR count). The van der Waals surface area contributed by atoms with Gasteiger partial charge in [-0.25, -0.2) is 9.97 Å². The summed E-state index contributed by atoms with van der Waals surface area (Å²) in [6.45, 7) is 1.34. The van der Waals surface area contributed by atoms with Crippen LogP contribution in [0.4, 0.5) is 0 Å². The Morgan fingerprint density at radius 1 is 1.32 bits per heavy atom. The maximum absolute atomic E-state index is 13.3. The standard InChI is InChI=1S/C20H25N5O3/c1-28-19-15(10-13-4-2-6-16(13)23-19)20(27)25-8-3-5-14(11-25)18-22-7-9-24(18)12-17(21)26/h7,9-10,14H,2-6,8,11-12H2,1H3,(H2,21,26). The monoisotopic (exact) mass is 383 g/mol. The number of pyridine rings is 1. The maximum Gasteiger partial charge on any atom is 0.259 e. The Hall–Kier alpha value is -2.90. The van der Waals surface area contributed by atoms with Crippen molar-refractivity contribution in [2.24, 2.45) is 5.73 Å². The second-order valence-corrected chi connectivity index (χ2v) is 7.47. The summed E-state index contributed by atoms with van der Waals surface area (Å²) >= 11 is 0. The lowest BCUT2D eigenvalue weighted by molar-refractivity contribution is -0.118. The third-order valence-corrected chi connectivity index (χ3v) is 5.59. The van der Waals surface area contributed by atoms with Gasteiger partial charge in [0.1, 0.15) is 17.9 Å². The lowest BCUT2D eigenvalue weighted by Gasteiger charge is -2.33. The van der Waals surface area contributed by atoms with Crippen LogP contribution in [0.5, 0.6) is 5.88 Å². The summed E-state index contributed by atoms with van der Waals surface area (Å²) < 4.78 is 7.19. The van der Waals surface area contributed by atoms with Gasteiger partial charge in [0, 0.05) is 37.1 Å². The number of carbonyl (C=O) groups excluding carboxylic acids is 2. The van der Waals surface area contributed by atoms with E-state index in [0.29, 0.717) is 24.5 Å². The van der Waals surface area contributed by atoms with Gasteiger partial charge < -0.3 is 19.9 Å². The first-order valence-electron chi connectivity index (χ1n) is 9.72. The van der Waals surface area contributed by atoms with Crippen LogP contribution in [0.15, 0.2) is 18.5 Å². The number of likely N-dealkylation sites (tertiary alicyclic amines) is 1. The number of aryl methyl sites for hydroxylation is 2. The van der Waals surface area contributed by atoms with Crippen molar-refractivity contribution in [2.75, 3.05) is 20.2 Å². The van der Waals surface area contributed by atoms with Crippen molar-refractivity contribution in [3.63, 3.8) is 0 Å². The summed E-state index contributed by atoms with van der Waals surface area (Å²) in [5.41, 5.74) is 8.06. The van der Waals surface area contributed by atoms with Gasteiger partial charge in [-0.1, -0.05) is 0 Å². The van der Waals surface area contributed by atoms with E-state index in [9.17, 15) is 9.59 Å². The number of imidazole rings is 1. The molecule has 0 aromatic carbocycles. The van der Waals surface area contributed by atoms with E-state index in [2.05, 4.69) is 9.97 Å². The second-order valence-electron chi connectivity index (χ2n) is 7.47. The highest BCUT2D eigenvalue weighted by Crippen LogP contribution is 2.30. The molecule has 0 saturated carbocycles. The minimum atomic E-state index is -0.406. The molecule has 0 spiro atoms. The van der Waals surface area contributed by atoms with Gasteiger partial charge in [-0.3, -0.25) is 9.59 Å². The molecular formula is C20H25N5O3. The maximum atomic E-state index is 13.3. The molecule has 28 heavy (non-hydrogen) atoms. The van der Waals surface area contributed by atoms with Crippen LogP contribution in [0.25, 0.3) is 0 Å². The number of hydrogen-bond donors (Lipinski definition) is 1. The van der Waals surface area contributed by atoms with Gasteiger partial charge in [0.2, 0.25) is 11.8 Å². The molecule has 2 amide bonds. The number of amides is 2. The number of hydrogen-bond acceptors (Lipinski definition) is 5. The SMILES string of the molecule is COc1nc2c(cc1C(=O)N1CCCC(c3nccn3CC(N)=O)C1)CCC2. The lowest BCUT2D eigenvalue weighted by Crippen LogP contribution is -2.40. The molecule has 8 nitrogen and oxygen atoms in total. The van der Waals surface area contributed by atoms with Gasteiger partial charge in [0.15, 0.2) is 0 Å². The Balaban J connectivity index is 1.56. The van der Waals surface area contributed by atoms with Crippen LogP contribution in [0.1, 0.15) is 52.6 Å². The Bertz CT molecular complexity index is 907. The highest BCUT2D eigenvalue weighted by molar-refractivity contribution is 5.96. The van der Waals surface area contributed by atoms with Crippen LogP contribution >= 0.6 is 0 Å². The van der Waals surface area contributed by atoms with Crippen molar-refractivity contribution in [1.82, 2.24) is 19.4 Å². The normalized spacial score (nSPS) is 18.8. The fourth-order valence-corrected chi connectivity index (χ4v) is 4.29. The Morgan fingerprint density at radius 2 is 2.18 bits per heavy atom. The zero-order chi connectivity index (χ0) is 19.7. The van der Waals surface area contributed by atoms with Crippen LogP contribution < -0.4 is 10.5 Å². The van der Waals surface area contributed by atoms with Gasteiger partial charge >= 0.3 is 0 Å². The number of nitrogens with zero attached hydrogens (tertiary/aromatic N) is 4. The van der Waals surface area contributed by atoms with Crippen LogP contribution in [0.2, 0.25) is 0 Å². The van der Waals surface area contributed by atoms with Crippen molar-refractivity contribution < 1.29 is 14.3 Å². The lowest BCUT2D eigenvalue weighted by atomic mass is 9.96. The van der Waals surface area contributed by atoms with Gasteiger partial charge in [-0.15, -0.1) is 0 Å². The molecule has 1 fully saturated rings. The molecule has 2 N–H and O–H groups in total. The molecule has 148 valence electrons. The van der Waals surface area contributed by atoms with E-state index in [1.807, 2.05) is 11.0 Å². The molecule has 1 saturated heterocycles. The van der Waals surface area contributed by atoms with Gasteiger partial charge in [-0.05, 0) is 43.7 Å². The summed E-state index contributed by atoms with van der Waals surface area (Å²) in [5.74, 6) is 0.812. The summed E-state index contributed by atoms with van der Waals surface area (Å²) in [5, 5.41) is 0. The summed E-state index contributed by atoms with van der Waals surface area (Å²) in [7, 11) is 1.56. The summed E-state index contributed by atoms with van der Waals surface area (Å²) in [4.78, 5) is 35.4. The molecule has 3 heterocycles. The van der Waals surface area contributed by atoms with Crippen molar-refractivity contribution in [3.8, 4) is 5.88 Å². The minimum Gasteiger partial charge on any atom is -0.480 e. The van der Waals surface area contributed by atoms with E-state index in [-0.39, 0.29) is 18.4 Å². The van der Waals surface area contributed by atoms with E-state index in [0.717, 1.165) is 49.2 Å². The van der Waals surface area contributed by atoms with Gasteiger partial charge in [0.25, 0.3) is 5.91 Å². The Kier molecular flexibility index (Phi) is 5.02. The fraction of sp³-hybridized carbons (Fsp3) is 0.500. The smallest absolute Gasteiger partial charge is 0.259 e. The molecule has 8 heteroatoms. The molecule has 2 aromatic rings. The van der Waals surface area contributed by atoms with Crippen LogP contribution in [-0.4, -0.2) is 51.4 Å². The zero-order valence-electron chi connectivity index (χ0n) is 16.1. The summed E-state index contributed by atoms with van der Waals surface area (Å²) in [6.07, 6.45) is 8.19. The first-order valence-corrected chi connectivity index (χ1v) is 9.72. The largest absolute Gasteiger partial charge is 0.480 e. The molecular weight excluding hydrogens is 358 g/mol. The van der Waals surface area contributed by atoms with Gasteiger partial charge in [-0.2, -0.15) is 0 Å². The fourth-order valence-electron chi connectivity index (χ4n) is 4.29. The Labute approximate surface area is 163 Å².